The van der Waals surface area contributed by atoms with E-state index in [0.29, 0.717) is 0 Å². The molecule has 0 aromatic heterocycles. The fourth-order valence-electron chi connectivity index (χ4n) is 0.916. The van der Waals surface area contributed by atoms with Crippen molar-refractivity contribution in [3.8, 4) is 0 Å². The van der Waals surface area contributed by atoms with Crippen LogP contribution in [0.25, 0.3) is 0 Å². The molecule has 11 heavy (non-hydrogen) atoms. The van der Waals surface area contributed by atoms with E-state index in [1.165, 1.54) is 16.4 Å². The van der Waals surface area contributed by atoms with Crippen LogP contribution in [0.15, 0.2) is 18.2 Å². The van der Waals surface area contributed by atoms with Crippen molar-refractivity contribution in [2.75, 3.05) is 9.03 Å². The van der Waals surface area contributed by atoms with Crippen LogP contribution >= 0.6 is 12.1 Å². The lowest BCUT2D eigenvalue weighted by Gasteiger charge is -2.03. The van der Waals surface area contributed by atoms with Crippen molar-refractivity contribution in [3.63, 3.8) is 0 Å². The number of hydrogen-bond acceptors (Lipinski definition) is 3. The summed E-state index contributed by atoms with van der Waals surface area (Å²) in [7, 11) is 0. The number of fused-ring (bicyclic) bond motifs is 1. The number of carbonyl (C=O) groups excluding carboxylic acids is 1. The highest BCUT2D eigenvalue weighted by molar-refractivity contribution is 8.03. The van der Waals surface area contributed by atoms with Crippen LogP contribution in [0.3, 0.4) is 0 Å². The minimum Gasteiger partial charge on any atom is -0.310 e. The van der Waals surface area contributed by atoms with Gasteiger partial charge < -0.3 is 4.72 Å². The molecule has 0 aliphatic carbocycles. The minimum absolute atomic E-state index is 0.775. The Morgan fingerprint density at radius 1 is 1.73 bits per heavy atom. The molecule has 1 aromatic rings. The topological polar surface area (TPSA) is 32.3 Å². The van der Waals surface area contributed by atoms with Crippen LogP contribution in [-0.2, 0) is 4.79 Å². The molecule has 0 atom stereocenters. The molecule has 1 radical (unpaired) electrons. The van der Waals surface area contributed by atoms with Crippen molar-refractivity contribution in [1.29, 1.82) is 0 Å². The van der Waals surface area contributed by atoms with Gasteiger partial charge in [-0.3, -0.25) is 4.79 Å². The SMILES string of the molecule is O=CN1SNc2cc[c]cc21. The summed E-state index contributed by atoms with van der Waals surface area (Å²) in [6.45, 7) is 0. The maximum atomic E-state index is 10.4. The van der Waals surface area contributed by atoms with Crippen molar-refractivity contribution in [1.82, 2.24) is 0 Å². The summed E-state index contributed by atoms with van der Waals surface area (Å²) in [6, 6.07) is 8.36. The Hall–Kier alpha value is -1.16. The molecule has 0 fully saturated rings. The number of benzene rings is 1. The zero-order chi connectivity index (χ0) is 7.68. The van der Waals surface area contributed by atoms with Gasteiger partial charge in [0.2, 0.25) is 6.41 Å². The summed E-state index contributed by atoms with van der Waals surface area (Å²) in [5, 5.41) is 0. The minimum atomic E-state index is 0.775. The number of anilines is 2. The van der Waals surface area contributed by atoms with Gasteiger partial charge in [0.15, 0.2) is 0 Å². The third kappa shape index (κ3) is 0.952. The molecular formula is C7H5N2OS. The molecule has 1 aliphatic rings. The van der Waals surface area contributed by atoms with Gasteiger partial charge >= 0.3 is 0 Å². The molecule has 3 nitrogen and oxygen atoms in total. The zero-order valence-electron chi connectivity index (χ0n) is 5.57. The number of hydrogen-bond donors (Lipinski definition) is 1. The van der Waals surface area contributed by atoms with E-state index in [1.54, 1.807) is 12.1 Å². The predicted molar refractivity (Wildman–Crippen MR) is 45.0 cm³/mol. The summed E-state index contributed by atoms with van der Waals surface area (Å²) in [5.41, 5.74) is 1.83. The predicted octanol–water partition coefficient (Wildman–Crippen LogP) is 1.44. The van der Waals surface area contributed by atoms with E-state index in [4.69, 9.17) is 0 Å². The fourth-order valence-corrected chi connectivity index (χ4v) is 1.58. The van der Waals surface area contributed by atoms with Crippen molar-refractivity contribution in [2.45, 2.75) is 0 Å². The molecule has 1 heterocycles. The van der Waals surface area contributed by atoms with Gasteiger partial charge in [0.25, 0.3) is 0 Å². The van der Waals surface area contributed by atoms with Crippen LogP contribution in [0.4, 0.5) is 11.4 Å². The maximum absolute atomic E-state index is 10.4. The number of nitrogens with one attached hydrogen (secondary N) is 1. The lowest BCUT2D eigenvalue weighted by molar-refractivity contribution is -0.106. The quantitative estimate of drug-likeness (QED) is 0.504. The first-order chi connectivity index (χ1) is 5.42. The summed E-state index contributed by atoms with van der Waals surface area (Å²) in [5.74, 6) is 0. The summed E-state index contributed by atoms with van der Waals surface area (Å²) in [4.78, 5) is 10.4. The first kappa shape index (κ1) is 6.54. The van der Waals surface area contributed by atoms with E-state index < -0.39 is 0 Å². The molecule has 0 saturated heterocycles. The van der Waals surface area contributed by atoms with E-state index in [1.807, 2.05) is 6.07 Å². The monoisotopic (exact) mass is 165 g/mol. The average Bonchev–Trinajstić information content (AvgIpc) is 2.47. The second kappa shape index (κ2) is 2.47. The highest BCUT2D eigenvalue weighted by atomic mass is 32.2. The van der Waals surface area contributed by atoms with Crippen LogP contribution < -0.4 is 9.03 Å². The molecule has 2 rings (SSSR count). The Labute approximate surface area is 68.7 Å². The lowest BCUT2D eigenvalue weighted by atomic mass is 10.3. The molecule has 0 spiro atoms. The van der Waals surface area contributed by atoms with Gasteiger partial charge in [-0.15, -0.1) is 0 Å². The zero-order valence-corrected chi connectivity index (χ0v) is 6.39. The van der Waals surface area contributed by atoms with Crippen LogP contribution in [0, 0.1) is 6.07 Å². The average molecular weight is 165 g/mol. The summed E-state index contributed by atoms with van der Waals surface area (Å²) in [6.07, 6.45) is 0.775. The molecule has 1 N–H and O–H groups in total. The number of nitrogens with zero attached hydrogens (tertiary/aromatic N) is 1. The largest absolute Gasteiger partial charge is 0.310 e. The van der Waals surface area contributed by atoms with E-state index in [0.717, 1.165) is 17.8 Å². The maximum Gasteiger partial charge on any atom is 0.225 e. The van der Waals surface area contributed by atoms with Gasteiger partial charge in [-0.2, -0.15) is 0 Å². The Balaban J connectivity index is 2.46. The van der Waals surface area contributed by atoms with Gasteiger partial charge in [-0.25, -0.2) is 4.31 Å². The van der Waals surface area contributed by atoms with Gasteiger partial charge in [0.05, 0.1) is 23.5 Å². The highest BCUT2D eigenvalue weighted by Gasteiger charge is 2.17. The van der Waals surface area contributed by atoms with Gasteiger partial charge in [0.1, 0.15) is 0 Å². The van der Waals surface area contributed by atoms with Crippen molar-refractivity contribution in [2.24, 2.45) is 0 Å². The standard InChI is InChI=1S/C7H5N2OS/c10-5-9-7-4-2-1-3-6(7)8-11-9/h1,3-5,8H. The third-order valence-corrected chi connectivity index (χ3v) is 2.22. The van der Waals surface area contributed by atoms with E-state index >= 15 is 0 Å². The molecule has 0 bridgehead atoms. The van der Waals surface area contributed by atoms with Crippen molar-refractivity contribution >= 4 is 29.9 Å². The molecule has 0 saturated carbocycles. The van der Waals surface area contributed by atoms with E-state index in [-0.39, 0.29) is 0 Å². The number of amides is 1. The molecule has 4 heteroatoms. The molecule has 1 aliphatic heterocycles. The summed E-state index contributed by atoms with van der Waals surface area (Å²) < 4.78 is 4.51. The van der Waals surface area contributed by atoms with Crippen LogP contribution in [0.2, 0.25) is 0 Å². The number of rotatable bonds is 1. The normalized spacial score (nSPS) is 14.0. The molecule has 1 aromatic carbocycles. The Bertz CT molecular complexity index is 290. The molecular weight excluding hydrogens is 160 g/mol. The smallest absolute Gasteiger partial charge is 0.225 e. The summed E-state index contributed by atoms with van der Waals surface area (Å²) >= 11 is 1.27. The fraction of sp³-hybridized carbons (Fsp3) is 0. The van der Waals surface area contributed by atoms with Crippen molar-refractivity contribution in [3.05, 3.63) is 24.3 Å². The first-order valence-corrected chi connectivity index (χ1v) is 3.87. The number of carbonyl (C=O) groups is 1. The second-order valence-corrected chi connectivity index (χ2v) is 2.85. The third-order valence-electron chi connectivity index (χ3n) is 1.43. The Morgan fingerprint density at radius 3 is 3.45 bits per heavy atom. The first-order valence-electron chi connectivity index (χ1n) is 3.09. The van der Waals surface area contributed by atoms with Gasteiger partial charge in [-0.05, 0) is 18.2 Å². The Morgan fingerprint density at radius 2 is 2.64 bits per heavy atom. The van der Waals surface area contributed by atoms with Crippen molar-refractivity contribution < 1.29 is 4.79 Å². The second-order valence-electron chi connectivity index (χ2n) is 2.07. The Kier molecular flexibility index (Phi) is 1.47. The van der Waals surface area contributed by atoms with Crippen LogP contribution in [-0.4, -0.2) is 6.41 Å². The molecule has 0 unspecified atom stereocenters. The molecule has 1 amide bonds. The van der Waals surface area contributed by atoms with Crippen LogP contribution in [0.1, 0.15) is 0 Å². The van der Waals surface area contributed by atoms with E-state index in [2.05, 4.69) is 10.8 Å². The highest BCUT2D eigenvalue weighted by Crippen LogP contribution is 2.36. The van der Waals surface area contributed by atoms with Gasteiger partial charge in [-0.1, -0.05) is 6.07 Å². The van der Waals surface area contributed by atoms with Gasteiger partial charge in [0, 0.05) is 0 Å². The lowest BCUT2D eigenvalue weighted by Crippen LogP contribution is -2.06. The van der Waals surface area contributed by atoms with Crippen LogP contribution in [0.5, 0.6) is 0 Å². The van der Waals surface area contributed by atoms with E-state index in [9.17, 15) is 4.79 Å². The molecule has 55 valence electrons.